The highest BCUT2D eigenvalue weighted by molar-refractivity contribution is 7.99. The van der Waals surface area contributed by atoms with Gasteiger partial charge in [0.05, 0.1) is 0 Å². The van der Waals surface area contributed by atoms with Gasteiger partial charge in [0.1, 0.15) is 5.60 Å². The van der Waals surface area contributed by atoms with E-state index in [1.54, 1.807) is 13.0 Å². The molecule has 0 bridgehead atoms. The van der Waals surface area contributed by atoms with Gasteiger partial charge in [-0.25, -0.2) is 4.79 Å². The van der Waals surface area contributed by atoms with Crippen molar-refractivity contribution in [2.24, 2.45) is 0 Å². The van der Waals surface area contributed by atoms with E-state index in [4.69, 9.17) is 4.74 Å². The van der Waals surface area contributed by atoms with Crippen molar-refractivity contribution >= 4 is 17.7 Å². The van der Waals surface area contributed by atoms with Gasteiger partial charge in [0.15, 0.2) is 0 Å². The van der Waals surface area contributed by atoms with Crippen molar-refractivity contribution in [1.82, 2.24) is 0 Å². The van der Waals surface area contributed by atoms with E-state index in [-0.39, 0.29) is 11.6 Å². The van der Waals surface area contributed by atoms with Crippen LogP contribution < -0.4 is 0 Å². The van der Waals surface area contributed by atoms with Crippen LogP contribution in [0.2, 0.25) is 0 Å². The van der Waals surface area contributed by atoms with Crippen LogP contribution in [-0.4, -0.2) is 23.1 Å². The van der Waals surface area contributed by atoms with Crippen LogP contribution in [0.3, 0.4) is 0 Å². The Bertz CT molecular complexity index is 227. The van der Waals surface area contributed by atoms with Crippen LogP contribution in [0.5, 0.6) is 0 Å². The summed E-state index contributed by atoms with van der Waals surface area (Å²) in [5.74, 6) is 1.85. The molecule has 0 aliphatic carbocycles. The van der Waals surface area contributed by atoms with Gasteiger partial charge in [-0.05, 0) is 32.9 Å². The van der Waals surface area contributed by atoms with Crippen LogP contribution in [0.4, 0.5) is 0 Å². The molecule has 0 amide bonds. The number of hydrogen-bond donors (Lipinski definition) is 0. The second kappa shape index (κ2) is 4.18. The molecule has 13 heavy (non-hydrogen) atoms. The minimum atomic E-state index is -0.230. The first-order valence-corrected chi connectivity index (χ1v) is 5.67. The highest BCUT2D eigenvalue weighted by Crippen LogP contribution is 2.31. The van der Waals surface area contributed by atoms with E-state index in [2.05, 4.69) is 0 Å². The van der Waals surface area contributed by atoms with Gasteiger partial charge in [-0.3, -0.25) is 0 Å². The predicted octanol–water partition coefficient (Wildman–Crippen LogP) is 2.39. The molecule has 1 unspecified atom stereocenters. The summed E-state index contributed by atoms with van der Waals surface area (Å²) in [6.07, 6.45) is 2.76. The Kier molecular flexibility index (Phi) is 3.42. The zero-order chi connectivity index (χ0) is 9.90. The van der Waals surface area contributed by atoms with Gasteiger partial charge in [0.25, 0.3) is 0 Å². The zero-order valence-electron chi connectivity index (χ0n) is 8.42. The molecular formula is C10H16O2S. The summed E-state index contributed by atoms with van der Waals surface area (Å²) in [5.41, 5.74) is 0.463. The summed E-state index contributed by atoms with van der Waals surface area (Å²) in [4.78, 5) is 11.4. The van der Waals surface area contributed by atoms with E-state index in [0.29, 0.717) is 5.57 Å². The SMILES string of the molecule is C/C=C(/C)C(=O)OC1(C)CCSC1. The Morgan fingerprint density at radius 2 is 2.31 bits per heavy atom. The van der Waals surface area contributed by atoms with E-state index in [0.717, 1.165) is 17.9 Å². The molecule has 3 heteroatoms. The third kappa shape index (κ3) is 2.76. The maximum absolute atomic E-state index is 11.4. The molecule has 0 aromatic rings. The highest BCUT2D eigenvalue weighted by Gasteiger charge is 2.33. The summed E-state index contributed by atoms with van der Waals surface area (Å²) >= 11 is 1.85. The van der Waals surface area contributed by atoms with E-state index < -0.39 is 0 Å². The molecule has 0 spiro atoms. The quantitative estimate of drug-likeness (QED) is 0.506. The van der Waals surface area contributed by atoms with E-state index >= 15 is 0 Å². The first-order chi connectivity index (χ1) is 6.07. The molecule has 1 atom stereocenters. The molecule has 0 aromatic carbocycles. The van der Waals surface area contributed by atoms with Crippen LogP contribution in [0.15, 0.2) is 11.6 Å². The number of rotatable bonds is 2. The lowest BCUT2D eigenvalue weighted by molar-refractivity contribution is -0.150. The fourth-order valence-electron chi connectivity index (χ4n) is 1.15. The number of ether oxygens (including phenoxy) is 1. The fourth-order valence-corrected chi connectivity index (χ4v) is 2.51. The standard InChI is InChI=1S/C10H16O2S/c1-4-8(2)9(11)12-10(3)5-6-13-7-10/h4H,5-7H2,1-3H3/b8-4-. The molecule has 0 aromatic heterocycles. The third-order valence-electron chi connectivity index (χ3n) is 2.28. The largest absolute Gasteiger partial charge is 0.455 e. The van der Waals surface area contributed by atoms with E-state index in [9.17, 15) is 4.79 Å². The van der Waals surface area contributed by atoms with Gasteiger partial charge in [-0.1, -0.05) is 6.08 Å². The first kappa shape index (κ1) is 10.6. The third-order valence-corrected chi connectivity index (χ3v) is 3.58. The molecule has 74 valence electrons. The molecule has 0 saturated carbocycles. The summed E-state index contributed by atoms with van der Waals surface area (Å²) < 4.78 is 5.42. The Morgan fingerprint density at radius 1 is 1.62 bits per heavy atom. The summed E-state index contributed by atoms with van der Waals surface area (Å²) in [6.45, 7) is 5.64. The normalized spacial score (nSPS) is 29.0. The first-order valence-electron chi connectivity index (χ1n) is 4.51. The average Bonchev–Trinajstić information content (AvgIpc) is 2.50. The fraction of sp³-hybridized carbons (Fsp3) is 0.700. The minimum Gasteiger partial charge on any atom is -0.455 e. The molecule has 1 saturated heterocycles. The molecule has 1 rings (SSSR count). The van der Waals surface area contributed by atoms with Crippen molar-refractivity contribution < 1.29 is 9.53 Å². The lowest BCUT2D eigenvalue weighted by Crippen LogP contribution is -2.31. The molecule has 0 N–H and O–H groups in total. The van der Waals surface area contributed by atoms with Crippen molar-refractivity contribution in [2.75, 3.05) is 11.5 Å². The van der Waals surface area contributed by atoms with Gasteiger partial charge in [-0.2, -0.15) is 11.8 Å². The van der Waals surface area contributed by atoms with Crippen LogP contribution in [0.25, 0.3) is 0 Å². The van der Waals surface area contributed by atoms with Crippen LogP contribution >= 0.6 is 11.8 Å². The van der Waals surface area contributed by atoms with Gasteiger partial charge in [0, 0.05) is 11.3 Å². The maximum atomic E-state index is 11.4. The molecule has 0 radical (unpaired) electrons. The summed E-state index contributed by atoms with van der Waals surface area (Å²) in [7, 11) is 0. The van der Waals surface area contributed by atoms with Crippen molar-refractivity contribution in [1.29, 1.82) is 0 Å². The smallest absolute Gasteiger partial charge is 0.333 e. The second-order valence-electron chi connectivity index (χ2n) is 3.61. The topological polar surface area (TPSA) is 26.3 Å². The molecule has 1 aliphatic heterocycles. The minimum absolute atomic E-state index is 0.174. The number of carbonyl (C=O) groups is 1. The Balaban J connectivity index is 2.53. The number of thioether (sulfide) groups is 1. The summed E-state index contributed by atoms with van der Waals surface area (Å²) in [5, 5.41) is 0. The van der Waals surface area contributed by atoms with Crippen LogP contribution in [-0.2, 0) is 9.53 Å². The van der Waals surface area contributed by atoms with Crippen LogP contribution in [0, 0.1) is 0 Å². The highest BCUT2D eigenvalue weighted by atomic mass is 32.2. The predicted molar refractivity (Wildman–Crippen MR) is 55.9 cm³/mol. The zero-order valence-corrected chi connectivity index (χ0v) is 9.24. The second-order valence-corrected chi connectivity index (χ2v) is 4.72. The van der Waals surface area contributed by atoms with Gasteiger partial charge in [0.2, 0.25) is 0 Å². The Morgan fingerprint density at radius 3 is 2.77 bits per heavy atom. The summed E-state index contributed by atoms with van der Waals surface area (Å²) in [6, 6.07) is 0. The molecular weight excluding hydrogens is 184 g/mol. The monoisotopic (exact) mass is 200 g/mol. The molecule has 1 heterocycles. The number of allylic oxidation sites excluding steroid dienone is 1. The van der Waals surface area contributed by atoms with Crippen molar-refractivity contribution in [3.8, 4) is 0 Å². The number of esters is 1. The number of hydrogen-bond acceptors (Lipinski definition) is 3. The van der Waals surface area contributed by atoms with E-state index in [1.165, 1.54) is 0 Å². The molecule has 1 fully saturated rings. The van der Waals surface area contributed by atoms with E-state index in [1.807, 2.05) is 25.6 Å². The number of carbonyl (C=O) groups excluding carboxylic acids is 1. The Labute approximate surface area is 83.7 Å². The van der Waals surface area contributed by atoms with Crippen molar-refractivity contribution in [2.45, 2.75) is 32.8 Å². The average molecular weight is 200 g/mol. The lowest BCUT2D eigenvalue weighted by Gasteiger charge is -2.23. The van der Waals surface area contributed by atoms with Crippen molar-refractivity contribution in [3.05, 3.63) is 11.6 Å². The van der Waals surface area contributed by atoms with Gasteiger partial charge in [-0.15, -0.1) is 0 Å². The van der Waals surface area contributed by atoms with Crippen LogP contribution in [0.1, 0.15) is 27.2 Å². The van der Waals surface area contributed by atoms with Gasteiger partial charge < -0.3 is 4.74 Å². The molecule has 2 nitrogen and oxygen atoms in total. The van der Waals surface area contributed by atoms with Gasteiger partial charge >= 0.3 is 5.97 Å². The Hall–Kier alpha value is -0.440. The maximum Gasteiger partial charge on any atom is 0.333 e. The van der Waals surface area contributed by atoms with Crippen molar-refractivity contribution in [3.63, 3.8) is 0 Å². The lowest BCUT2D eigenvalue weighted by atomic mass is 10.1. The molecule has 1 aliphatic rings.